The molecule has 0 spiro atoms. The molecule has 2 heterocycles. The van der Waals surface area contributed by atoms with Crippen LogP contribution in [-0.4, -0.2) is 88.4 Å². The zero-order chi connectivity index (χ0) is 31.2. The van der Waals surface area contributed by atoms with Gasteiger partial charge in [0.15, 0.2) is 0 Å². The third kappa shape index (κ3) is 12.5. The molecular formula is C30H54N4O7. The largest absolute Gasteiger partial charge is 0.481 e. The van der Waals surface area contributed by atoms with Gasteiger partial charge >= 0.3 is 18.2 Å². The normalized spacial score (nSPS) is 21.7. The van der Waals surface area contributed by atoms with E-state index in [1.807, 2.05) is 48.5 Å². The molecule has 0 aromatic rings. The van der Waals surface area contributed by atoms with Crippen LogP contribution in [0.15, 0.2) is 0 Å². The minimum atomic E-state index is -0.790. The zero-order valence-electron chi connectivity index (χ0n) is 26.5. The molecule has 4 rings (SSSR count). The number of carboxylic acids is 1. The van der Waals surface area contributed by atoms with Gasteiger partial charge in [-0.2, -0.15) is 0 Å². The van der Waals surface area contributed by atoms with E-state index in [1.165, 1.54) is 12.8 Å². The van der Waals surface area contributed by atoms with E-state index < -0.39 is 22.6 Å². The maximum absolute atomic E-state index is 12.2. The predicted molar refractivity (Wildman–Crippen MR) is 156 cm³/mol. The van der Waals surface area contributed by atoms with Crippen LogP contribution in [0.3, 0.4) is 0 Å². The molecule has 0 bridgehead atoms. The summed E-state index contributed by atoms with van der Waals surface area (Å²) < 4.78 is 10.6. The Bertz CT molecular complexity index is 916. The summed E-state index contributed by atoms with van der Waals surface area (Å²) in [5.74, 6) is -0.648. The van der Waals surface area contributed by atoms with Gasteiger partial charge in [0.25, 0.3) is 0 Å². The average Bonchev–Trinajstić information content (AvgIpc) is 3.77. The number of likely N-dealkylation sites (tertiary alicyclic amines) is 2. The van der Waals surface area contributed by atoms with Crippen molar-refractivity contribution in [3.8, 4) is 0 Å². The summed E-state index contributed by atoms with van der Waals surface area (Å²) in [6.45, 7) is 16.8. The molecule has 0 atom stereocenters. The fraction of sp³-hybridized carbons (Fsp3) is 0.867. The molecule has 0 radical (unpaired) electrons. The van der Waals surface area contributed by atoms with Crippen molar-refractivity contribution in [2.45, 2.75) is 130 Å². The number of carboxylic acid groups (broad SMARTS) is 1. The van der Waals surface area contributed by atoms with E-state index in [-0.39, 0.29) is 23.5 Å². The van der Waals surface area contributed by atoms with Gasteiger partial charge in [0.05, 0.1) is 5.41 Å². The van der Waals surface area contributed by atoms with Crippen LogP contribution in [0.2, 0.25) is 0 Å². The van der Waals surface area contributed by atoms with Crippen molar-refractivity contribution in [1.29, 1.82) is 0 Å². The highest BCUT2D eigenvalue weighted by Gasteiger charge is 2.41. The third-order valence-electron chi connectivity index (χ3n) is 7.64. The van der Waals surface area contributed by atoms with Gasteiger partial charge in [-0.3, -0.25) is 9.59 Å². The number of rotatable bonds is 3. The van der Waals surface area contributed by atoms with E-state index in [2.05, 4.69) is 5.32 Å². The van der Waals surface area contributed by atoms with Crippen molar-refractivity contribution in [3.63, 3.8) is 0 Å². The molecule has 4 N–H and O–H groups in total. The van der Waals surface area contributed by atoms with Gasteiger partial charge in [-0.05, 0) is 99.8 Å². The predicted octanol–water partition coefficient (Wildman–Crippen LogP) is 4.52. The van der Waals surface area contributed by atoms with Crippen molar-refractivity contribution in [2.75, 3.05) is 26.2 Å². The summed E-state index contributed by atoms with van der Waals surface area (Å²) in [6, 6.07) is 0.975. The Hall–Kier alpha value is -2.56. The van der Waals surface area contributed by atoms with Crippen molar-refractivity contribution in [2.24, 2.45) is 16.6 Å². The van der Waals surface area contributed by atoms with Gasteiger partial charge in [-0.15, -0.1) is 0 Å². The fourth-order valence-electron chi connectivity index (χ4n) is 4.14. The first-order valence-corrected chi connectivity index (χ1v) is 15.0. The fourth-order valence-corrected chi connectivity index (χ4v) is 4.14. The van der Waals surface area contributed by atoms with Crippen LogP contribution in [0.5, 0.6) is 0 Å². The van der Waals surface area contributed by atoms with Crippen LogP contribution in [0.1, 0.15) is 107 Å². The summed E-state index contributed by atoms with van der Waals surface area (Å²) in [7, 11) is 0. The molecule has 11 nitrogen and oxygen atoms in total. The van der Waals surface area contributed by atoms with Crippen LogP contribution in [0, 0.1) is 10.8 Å². The van der Waals surface area contributed by atoms with Gasteiger partial charge in [-0.1, -0.05) is 6.92 Å². The van der Waals surface area contributed by atoms with Crippen molar-refractivity contribution in [1.82, 2.24) is 15.1 Å². The first kappa shape index (κ1) is 34.6. The second-order valence-corrected chi connectivity index (χ2v) is 14.4. The van der Waals surface area contributed by atoms with E-state index in [0.29, 0.717) is 63.9 Å². The molecular weight excluding hydrogens is 528 g/mol. The van der Waals surface area contributed by atoms with Crippen molar-refractivity contribution in [3.05, 3.63) is 0 Å². The Morgan fingerprint density at radius 1 is 0.732 bits per heavy atom. The quantitative estimate of drug-likeness (QED) is 0.439. The lowest BCUT2D eigenvalue weighted by molar-refractivity contribution is -0.150. The number of piperidine rings is 2. The molecule has 41 heavy (non-hydrogen) atoms. The molecule has 3 amide bonds. The highest BCUT2D eigenvalue weighted by molar-refractivity contribution is 5.83. The van der Waals surface area contributed by atoms with Gasteiger partial charge in [0.2, 0.25) is 5.91 Å². The minimum Gasteiger partial charge on any atom is -0.481 e. The van der Waals surface area contributed by atoms with E-state index in [1.54, 1.807) is 16.7 Å². The topological polar surface area (TPSA) is 152 Å². The molecule has 4 aliphatic rings. The number of hydrogen-bond acceptors (Lipinski definition) is 7. The van der Waals surface area contributed by atoms with Crippen molar-refractivity contribution < 1.29 is 33.8 Å². The first-order chi connectivity index (χ1) is 18.7. The van der Waals surface area contributed by atoms with Crippen LogP contribution in [-0.2, 0) is 19.1 Å². The first-order valence-electron chi connectivity index (χ1n) is 15.0. The monoisotopic (exact) mass is 582 g/mol. The highest BCUT2D eigenvalue weighted by Crippen LogP contribution is 2.34. The third-order valence-corrected chi connectivity index (χ3v) is 7.64. The number of nitrogens with zero attached hydrogens (tertiary/aromatic N) is 2. The number of amides is 3. The van der Waals surface area contributed by atoms with Crippen LogP contribution >= 0.6 is 0 Å². The molecule has 2 aliphatic carbocycles. The second-order valence-electron chi connectivity index (χ2n) is 14.4. The number of ether oxygens (including phenoxy) is 2. The number of hydrogen-bond donors (Lipinski definition) is 3. The standard InChI is InChI=1S/C15H26N2O3.C12H21NO4.C3H7N/c1-14(2,3)20-13(19)17-9-7-15(4,8-10-17)12(18)16-11-5-6-11;1-11(2,3)17-10(16)13-7-5-12(4,6-8-13)9(14)15;4-3-1-2-3/h11H,5-10H2,1-4H3,(H,16,18);5-8H2,1-4H3,(H,14,15);3H,1-2,4H2. The van der Waals surface area contributed by atoms with E-state index in [9.17, 15) is 19.2 Å². The zero-order valence-corrected chi connectivity index (χ0v) is 26.5. The Balaban J connectivity index is 0.000000254. The second kappa shape index (κ2) is 13.6. The number of nitrogens with one attached hydrogen (secondary N) is 1. The Morgan fingerprint density at radius 2 is 1.07 bits per heavy atom. The van der Waals surface area contributed by atoms with Gasteiger partial charge in [-0.25, -0.2) is 9.59 Å². The van der Waals surface area contributed by atoms with Gasteiger partial charge in [0.1, 0.15) is 11.2 Å². The van der Waals surface area contributed by atoms with Crippen LogP contribution in [0.25, 0.3) is 0 Å². The molecule has 4 fully saturated rings. The van der Waals surface area contributed by atoms with Gasteiger partial charge in [0, 0.05) is 43.7 Å². The molecule has 0 aromatic carbocycles. The smallest absolute Gasteiger partial charge is 0.410 e. The van der Waals surface area contributed by atoms with E-state index >= 15 is 0 Å². The highest BCUT2D eigenvalue weighted by atomic mass is 16.6. The van der Waals surface area contributed by atoms with Crippen molar-refractivity contribution >= 4 is 24.1 Å². The summed E-state index contributed by atoms with van der Waals surface area (Å²) in [5, 5.41) is 12.1. The maximum atomic E-state index is 12.2. The number of carbonyl (C=O) groups excluding carboxylic acids is 3. The van der Waals surface area contributed by atoms with Crippen LogP contribution in [0.4, 0.5) is 9.59 Å². The van der Waals surface area contributed by atoms with E-state index in [0.717, 1.165) is 12.8 Å². The lowest BCUT2D eigenvalue weighted by atomic mass is 9.79. The lowest BCUT2D eigenvalue weighted by Crippen LogP contribution is -2.50. The maximum Gasteiger partial charge on any atom is 0.410 e. The minimum absolute atomic E-state index is 0.142. The molecule has 0 unspecified atom stereocenters. The van der Waals surface area contributed by atoms with Crippen LogP contribution < -0.4 is 11.1 Å². The van der Waals surface area contributed by atoms with E-state index in [4.69, 9.17) is 20.3 Å². The molecule has 2 saturated carbocycles. The summed E-state index contributed by atoms with van der Waals surface area (Å²) in [5.41, 5.74) is 3.19. The number of aliphatic carboxylic acids is 1. The Morgan fingerprint density at radius 3 is 1.34 bits per heavy atom. The molecule has 11 heteroatoms. The summed E-state index contributed by atoms with van der Waals surface area (Å²) >= 11 is 0. The lowest BCUT2D eigenvalue weighted by Gasteiger charge is -2.38. The molecule has 0 aromatic heterocycles. The Labute approximate surface area is 245 Å². The molecule has 236 valence electrons. The number of nitrogens with two attached hydrogens (primary N) is 1. The average molecular weight is 583 g/mol. The summed E-state index contributed by atoms with van der Waals surface area (Å²) in [6.07, 6.45) is 6.45. The SMILES string of the molecule is CC(C)(C)OC(=O)N1CCC(C)(C(=O)NC2CC2)CC1.CC(C)(C)OC(=O)N1CCC(C)(C(=O)O)CC1.NC1CC1. The summed E-state index contributed by atoms with van der Waals surface area (Å²) in [4.78, 5) is 50.3. The Kier molecular flexibility index (Phi) is 11.5. The number of carbonyl (C=O) groups is 4. The molecule has 2 saturated heterocycles. The van der Waals surface area contributed by atoms with Gasteiger partial charge < -0.3 is 35.4 Å². The molecule has 2 aliphatic heterocycles.